The molecule has 0 saturated heterocycles. The van der Waals surface area contributed by atoms with E-state index in [1.54, 1.807) is 43.3 Å². The fourth-order valence-corrected chi connectivity index (χ4v) is 4.90. The average molecular weight is 461 g/mol. The summed E-state index contributed by atoms with van der Waals surface area (Å²) in [6, 6.07) is 11.3. The molecule has 1 heterocycles. The lowest BCUT2D eigenvalue weighted by atomic mass is 10.1. The summed E-state index contributed by atoms with van der Waals surface area (Å²) in [5, 5.41) is 7.34. The van der Waals surface area contributed by atoms with Crippen LogP contribution in [0, 0.1) is 12.7 Å². The van der Waals surface area contributed by atoms with Crippen LogP contribution >= 0.6 is 0 Å². The molecule has 0 aliphatic carbocycles. The Morgan fingerprint density at radius 1 is 1.06 bits per heavy atom. The van der Waals surface area contributed by atoms with Gasteiger partial charge < -0.3 is 4.52 Å². The molecule has 0 bridgehead atoms. The Bertz CT molecular complexity index is 1160. The Balaban J connectivity index is 1.70. The first kappa shape index (κ1) is 24.0. The van der Waals surface area contributed by atoms with E-state index in [-0.39, 0.29) is 22.8 Å². The molecule has 7 nitrogen and oxygen atoms in total. The number of rotatable bonds is 9. The highest BCUT2D eigenvalue weighted by Crippen LogP contribution is 2.24. The summed E-state index contributed by atoms with van der Waals surface area (Å²) in [6.45, 7) is 10.1. The molecule has 0 aliphatic heterocycles. The first-order valence-corrected chi connectivity index (χ1v) is 12.1. The van der Waals surface area contributed by atoms with Crippen LogP contribution in [0.2, 0.25) is 0 Å². The Morgan fingerprint density at radius 3 is 2.31 bits per heavy atom. The topological polar surface area (TPSA) is 88.3 Å². The van der Waals surface area contributed by atoms with Crippen molar-refractivity contribution < 1.29 is 17.3 Å². The Morgan fingerprint density at radius 2 is 1.72 bits per heavy atom. The van der Waals surface area contributed by atoms with Crippen LogP contribution in [0.25, 0.3) is 11.4 Å². The zero-order valence-electron chi connectivity index (χ0n) is 19.0. The first-order valence-electron chi connectivity index (χ1n) is 10.6. The molecular weight excluding hydrogens is 431 g/mol. The van der Waals surface area contributed by atoms with E-state index < -0.39 is 10.0 Å². The van der Waals surface area contributed by atoms with Crippen LogP contribution in [0.4, 0.5) is 4.39 Å². The summed E-state index contributed by atoms with van der Waals surface area (Å²) in [7, 11) is -3.49. The van der Waals surface area contributed by atoms with Crippen LogP contribution in [0.5, 0.6) is 0 Å². The molecule has 0 saturated carbocycles. The predicted octanol–water partition coefficient (Wildman–Crippen LogP) is 4.63. The van der Waals surface area contributed by atoms with E-state index in [0.29, 0.717) is 35.9 Å². The number of hydrogen-bond acceptors (Lipinski definition) is 6. The molecule has 172 valence electrons. The fraction of sp³-hybridized carbons (Fsp3) is 0.391. The third-order valence-electron chi connectivity index (χ3n) is 5.47. The van der Waals surface area contributed by atoms with E-state index in [1.165, 1.54) is 10.4 Å². The smallest absolute Gasteiger partial charge is 0.243 e. The van der Waals surface area contributed by atoms with Gasteiger partial charge in [-0.25, -0.2) is 12.8 Å². The second-order valence-electron chi connectivity index (χ2n) is 7.69. The molecule has 0 spiro atoms. The van der Waals surface area contributed by atoms with Crippen molar-refractivity contribution in [1.29, 1.82) is 0 Å². The number of sulfonamides is 1. The van der Waals surface area contributed by atoms with Crippen molar-refractivity contribution in [3.63, 3.8) is 0 Å². The predicted molar refractivity (Wildman–Crippen MR) is 121 cm³/mol. The van der Waals surface area contributed by atoms with Crippen LogP contribution in [0.3, 0.4) is 0 Å². The zero-order chi connectivity index (χ0) is 23.5. The second-order valence-corrected chi connectivity index (χ2v) is 9.63. The largest absolute Gasteiger partial charge is 0.337 e. The fourth-order valence-electron chi connectivity index (χ4n) is 3.44. The van der Waals surface area contributed by atoms with E-state index in [9.17, 15) is 12.8 Å². The Labute approximate surface area is 188 Å². The lowest BCUT2D eigenvalue weighted by molar-refractivity contribution is 0.328. The minimum Gasteiger partial charge on any atom is -0.337 e. The molecule has 2 unspecified atom stereocenters. The third-order valence-corrected chi connectivity index (χ3v) is 7.53. The van der Waals surface area contributed by atoms with Crippen molar-refractivity contribution in [3.05, 3.63) is 65.3 Å². The molecule has 9 heteroatoms. The second kappa shape index (κ2) is 9.89. The van der Waals surface area contributed by atoms with Gasteiger partial charge >= 0.3 is 0 Å². The summed E-state index contributed by atoms with van der Waals surface area (Å²) in [4.78, 5) is 4.67. The summed E-state index contributed by atoms with van der Waals surface area (Å²) in [5.41, 5.74) is 2.03. The summed E-state index contributed by atoms with van der Waals surface area (Å²) < 4.78 is 46.0. The maximum absolute atomic E-state index is 13.8. The van der Waals surface area contributed by atoms with Crippen LogP contribution < -0.4 is 5.32 Å². The molecule has 0 radical (unpaired) electrons. The van der Waals surface area contributed by atoms with Gasteiger partial charge in [0.15, 0.2) is 0 Å². The van der Waals surface area contributed by atoms with E-state index >= 15 is 0 Å². The van der Waals surface area contributed by atoms with Gasteiger partial charge in [0, 0.05) is 24.7 Å². The average Bonchev–Trinajstić information content (AvgIpc) is 3.27. The van der Waals surface area contributed by atoms with Crippen molar-refractivity contribution in [2.75, 3.05) is 13.1 Å². The maximum Gasteiger partial charge on any atom is 0.243 e. The maximum atomic E-state index is 13.8. The van der Waals surface area contributed by atoms with Crippen molar-refractivity contribution >= 4 is 10.0 Å². The molecule has 0 amide bonds. The van der Waals surface area contributed by atoms with E-state index in [2.05, 4.69) is 15.5 Å². The summed E-state index contributed by atoms with van der Waals surface area (Å²) in [6.07, 6.45) is 0. The molecule has 3 rings (SSSR count). The minimum absolute atomic E-state index is 0.0950. The Hall–Kier alpha value is -2.62. The van der Waals surface area contributed by atoms with E-state index in [4.69, 9.17) is 4.52 Å². The highest BCUT2D eigenvalue weighted by molar-refractivity contribution is 7.89. The van der Waals surface area contributed by atoms with Gasteiger partial charge in [0.2, 0.25) is 21.7 Å². The molecule has 0 aliphatic rings. The number of nitrogens with zero attached hydrogens (tertiary/aromatic N) is 3. The normalized spacial score (nSPS) is 14.0. The molecule has 32 heavy (non-hydrogen) atoms. The molecule has 2 aromatic carbocycles. The van der Waals surface area contributed by atoms with Crippen molar-refractivity contribution in [2.45, 2.75) is 51.6 Å². The van der Waals surface area contributed by atoms with Gasteiger partial charge in [0.1, 0.15) is 5.82 Å². The number of aromatic nitrogens is 2. The standard InChI is InChI=1S/C23H29FN4O3S/c1-6-28(7-2)32(29,30)20-12-10-18(11-13-20)16(4)25-17(5)23-26-22(27-31-23)19-9-8-15(3)21(24)14-19/h8-14,16-17,25H,6-7H2,1-5H3. The molecule has 1 aromatic heterocycles. The monoisotopic (exact) mass is 460 g/mol. The number of hydrogen-bond donors (Lipinski definition) is 1. The van der Waals surface area contributed by atoms with Crippen molar-refractivity contribution in [3.8, 4) is 11.4 Å². The lowest BCUT2D eigenvalue weighted by Gasteiger charge is -2.20. The van der Waals surface area contributed by atoms with Crippen molar-refractivity contribution in [2.24, 2.45) is 0 Å². The first-order chi connectivity index (χ1) is 15.2. The molecule has 0 fully saturated rings. The van der Waals surface area contributed by atoms with Gasteiger partial charge in [0.05, 0.1) is 10.9 Å². The lowest BCUT2D eigenvalue weighted by Crippen LogP contribution is -2.30. The number of nitrogens with one attached hydrogen (secondary N) is 1. The van der Waals surface area contributed by atoms with Gasteiger partial charge in [-0.2, -0.15) is 9.29 Å². The molecular formula is C23H29FN4O3S. The van der Waals surface area contributed by atoms with Gasteiger partial charge in [-0.05, 0) is 50.1 Å². The quantitative estimate of drug-likeness (QED) is 0.501. The number of aryl methyl sites for hydroxylation is 1. The highest BCUT2D eigenvalue weighted by atomic mass is 32.2. The third kappa shape index (κ3) is 5.06. The number of benzene rings is 2. The van der Waals surface area contributed by atoms with Gasteiger partial charge in [-0.15, -0.1) is 0 Å². The van der Waals surface area contributed by atoms with Gasteiger partial charge in [-0.1, -0.05) is 43.3 Å². The Kier molecular flexibility index (Phi) is 7.43. The molecule has 1 N–H and O–H groups in total. The molecule has 3 aromatic rings. The minimum atomic E-state index is -3.49. The van der Waals surface area contributed by atoms with Crippen molar-refractivity contribution in [1.82, 2.24) is 19.8 Å². The van der Waals surface area contributed by atoms with E-state index in [0.717, 1.165) is 5.56 Å². The molecule has 2 atom stereocenters. The van der Waals surface area contributed by atoms with Crippen LogP contribution in [0.15, 0.2) is 51.9 Å². The van der Waals surface area contributed by atoms with Gasteiger partial charge in [-0.3, -0.25) is 5.32 Å². The number of halogens is 1. The zero-order valence-corrected chi connectivity index (χ0v) is 19.8. The van der Waals surface area contributed by atoms with Crippen LogP contribution in [-0.2, 0) is 10.0 Å². The van der Waals surface area contributed by atoms with Gasteiger partial charge in [0.25, 0.3) is 0 Å². The summed E-state index contributed by atoms with van der Waals surface area (Å²) in [5.74, 6) is 0.389. The van der Waals surface area contributed by atoms with Crippen LogP contribution in [0.1, 0.15) is 56.8 Å². The van der Waals surface area contributed by atoms with E-state index in [1.807, 2.05) is 27.7 Å². The highest BCUT2D eigenvalue weighted by Gasteiger charge is 2.22. The summed E-state index contributed by atoms with van der Waals surface area (Å²) >= 11 is 0. The van der Waals surface area contributed by atoms with Crippen LogP contribution in [-0.4, -0.2) is 36.0 Å². The SMILES string of the molecule is CCN(CC)S(=O)(=O)c1ccc(C(C)NC(C)c2nc(-c3ccc(C)c(F)c3)no2)cc1.